The minimum atomic E-state index is -0.0788. The van der Waals surface area contributed by atoms with Crippen LogP contribution >= 0.6 is 15.9 Å². The first-order valence-electron chi connectivity index (χ1n) is 7.62. The molecule has 128 valence electrons. The zero-order valence-corrected chi connectivity index (χ0v) is 15.4. The minimum Gasteiger partial charge on any atom is -0.497 e. The summed E-state index contributed by atoms with van der Waals surface area (Å²) in [5.74, 6) is 1.48. The number of hydrogen-bond acceptors (Lipinski definition) is 4. The van der Waals surface area contributed by atoms with Gasteiger partial charge in [-0.2, -0.15) is 0 Å². The van der Waals surface area contributed by atoms with Crippen LogP contribution in [0.2, 0.25) is 0 Å². The molecule has 0 spiro atoms. The second kappa shape index (κ2) is 9.30. The first-order valence-corrected chi connectivity index (χ1v) is 8.41. The molecule has 0 fully saturated rings. The van der Waals surface area contributed by atoms with Crippen LogP contribution in [0.3, 0.4) is 0 Å². The zero-order chi connectivity index (χ0) is 17.4. The topological polar surface area (TPSA) is 59.6 Å². The van der Waals surface area contributed by atoms with Crippen LogP contribution < -0.4 is 20.1 Å². The van der Waals surface area contributed by atoms with Gasteiger partial charge in [-0.15, -0.1) is 0 Å². The lowest BCUT2D eigenvalue weighted by molar-refractivity contribution is -0.115. The van der Waals surface area contributed by atoms with Crippen molar-refractivity contribution in [3.8, 4) is 11.5 Å². The number of carbonyl (C=O) groups excluding carboxylic acids is 1. The molecule has 0 aliphatic rings. The molecular formula is C18H21BrN2O3. The number of aryl methyl sites for hydroxylation is 1. The molecule has 0 aromatic heterocycles. The predicted octanol–water partition coefficient (Wildman–Crippen LogP) is 3.37. The minimum absolute atomic E-state index is 0.0788. The summed E-state index contributed by atoms with van der Waals surface area (Å²) in [6.07, 6.45) is 0. The van der Waals surface area contributed by atoms with Gasteiger partial charge in [0.1, 0.15) is 18.1 Å². The van der Waals surface area contributed by atoms with Crippen LogP contribution in [0.25, 0.3) is 0 Å². The Kier molecular flexibility index (Phi) is 7.08. The molecule has 0 bridgehead atoms. The van der Waals surface area contributed by atoms with Crippen molar-refractivity contribution in [2.75, 3.05) is 32.1 Å². The second-order valence-electron chi connectivity index (χ2n) is 5.21. The summed E-state index contributed by atoms with van der Waals surface area (Å²) in [6.45, 7) is 3.26. The molecule has 2 aromatic rings. The summed E-state index contributed by atoms with van der Waals surface area (Å²) in [5.41, 5.74) is 1.83. The highest BCUT2D eigenvalue weighted by atomic mass is 79.9. The molecule has 2 rings (SSSR count). The molecule has 2 N–H and O–H groups in total. The van der Waals surface area contributed by atoms with Crippen LogP contribution in [-0.2, 0) is 4.79 Å². The van der Waals surface area contributed by atoms with Crippen LogP contribution in [0.1, 0.15) is 5.56 Å². The molecule has 0 heterocycles. The average Bonchev–Trinajstić information content (AvgIpc) is 2.57. The zero-order valence-electron chi connectivity index (χ0n) is 13.8. The van der Waals surface area contributed by atoms with Crippen molar-refractivity contribution in [2.45, 2.75) is 6.92 Å². The van der Waals surface area contributed by atoms with E-state index in [0.717, 1.165) is 27.2 Å². The molecule has 0 aliphatic heterocycles. The molecule has 0 saturated heterocycles. The monoisotopic (exact) mass is 392 g/mol. The van der Waals surface area contributed by atoms with E-state index in [1.54, 1.807) is 7.11 Å². The lowest BCUT2D eigenvalue weighted by Crippen LogP contribution is -2.31. The molecule has 0 saturated carbocycles. The number of benzene rings is 2. The number of nitrogens with one attached hydrogen (secondary N) is 2. The quantitative estimate of drug-likeness (QED) is 0.676. The lowest BCUT2D eigenvalue weighted by atomic mass is 10.2. The van der Waals surface area contributed by atoms with E-state index >= 15 is 0 Å². The fourth-order valence-corrected chi connectivity index (χ4v) is 2.55. The molecule has 0 unspecified atom stereocenters. The Labute approximate surface area is 150 Å². The highest BCUT2D eigenvalue weighted by Gasteiger charge is 2.04. The Bertz CT molecular complexity index is 674. The van der Waals surface area contributed by atoms with Gasteiger partial charge in [0, 0.05) is 16.7 Å². The van der Waals surface area contributed by atoms with Gasteiger partial charge in [-0.05, 0) is 55.0 Å². The van der Waals surface area contributed by atoms with Gasteiger partial charge in [0.15, 0.2) is 0 Å². The highest BCUT2D eigenvalue weighted by molar-refractivity contribution is 9.10. The molecule has 0 atom stereocenters. The van der Waals surface area contributed by atoms with Gasteiger partial charge < -0.3 is 20.1 Å². The maximum atomic E-state index is 11.9. The summed E-state index contributed by atoms with van der Waals surface area (Å²) >= 11 is 3.40. The molecule has 2 aromatic carbocycles. The van der Waals surface area contributed by atoms with Crippen LogP contribution in [0.4, 0.5) is 5.69 Å². The molecule has 1 amide bonds. The maximum Gasteiger partial charge on any atom is 0.238 e. The van der Waals surface area contributed by atoms with Crippen molar-refractivity contribution in [1.82, 2.24) is 5.32 Å². The van der Waals surface area contributed by atoms with Gasteiger partial charge in [-0.3, -0.25) is 4.79 Å². The Hall–Kier alpha value is -2.05. The number of carbonyl (C=O) groups is 1. The van der Waals surface area contributed by atoms with E-state index in [1.807, 2.05) is 49.4 Å². The first kappa shape index (κ1) is 18.3. The summed E-state index contributed by atoms with van der Waals surface area (Å²) in [5, 5.41) is 5.94. The second-order valence-corrected chi connectivity index (χ2v) is 6.12. The van der Waals surface area contributed by atoms with E-state index in [4.69, 9.17) is 9.47 Å². The average molecular weight is 393 g/mol. The SMILES string of the molecule is COc1ccc(OCCNCC(=O)Nc2ccc(Br)cc2C)cc1. The number of amides is 1. The van der Waals surface area contributed by atoms with Crippen LogP contribution in [0, 0.1) is 6.92 Å². The standard InChI is InChI=1S/C18H21BrN2O3/c1-13-11-14(19)3-8-17(13)21-18(22)12-20-9-10-24-16-6-4-15(23-2)5-7-16/h3-8,11,20H,9-10,12H2,1-2H3,(H,21,22). The third-order valence-electron chi connectivity index (χ3n) is 3.36. The third-order valence-corrected chi connectivity index (χ3v) is 3.85. The first-order chi connectivity index (χ1) is 11.6. The third kappa shape index (κ3) is 5.86. The Morgan fingerprint density at radius 1 is 1.12 bits per heavy atom. The number of methoxy groups -OCH3 is 1. The number of anilines is 1. The lowest BCUT2D eigenvalue weighted by Gasteiger charge is -2.10. The van der Waals surface area contributed by atoms with E-state index in [0.29, 0.717) is 13.2 Å². The molecular weight excluding hydrogens is 372 g/mol. The van der Waals surface area contributed by atoms with Gasteiger partial charge >= 0.3 is 0 Å². The molecule has 5 nitrogen and oxygen atoms in total. The van der Waals surface area contributed by atoms with Crippen molar-refractivity contribution in [3.05, 3.63) is 52.5 Å². The van der Waals surface area contributed by atoms with Crippen molar-refractivity contribution in [1.29, 1.82) is 0 Å². The number of ether oxygens (including phenoxy) is 2. The highest BCUT2D eigenvalue weighted by Crippen LogP contribution is 2.19. The Morgan fingerprint density at radius 3 is 2.50 bits per heavy atom. The molecule has 0 radical (unpaired) electrons. The summed E-state index contributed by atoms with van der Waals surface area (Å²) in [6, 6.07) is 13.1. The number of rotatable bonds is 8. The van der Waals surface area contributed by atoms with Crippen LogP contribution in [0.15, 0.2) is 46.9 Å². The van der Waals surface area contributed by atoms with Crippen molar-refractivity contribution < 1.29 is 14.3 Å². The van der Waals surface area contributed by atoms with Crippen LogP contribution in [-0.4, -0.2) is 32.7 Å². The fraction of sp³-hybridized carbons (Fsp3) is 0.278. The van der Waals surface area contributed by atoms with Crippen molar-refractivity contribution in [3.63, 3.8) is 0 Å². The van der Waals surface area contributed by atoms with Crippen molar-refractivity contribution >= 4 is 27.5 Å². The fourth-order valence-electron chi connectivity index (χ4n) is 2.08. The molecule has 6 heteroatoms. The van der Waals surface area contributed by atoms with Gasteiger partial charge in [-0.1, -0.05) is 15.9 Å². The molecule has 24 heavy (non-hydrogen) atoms. The van der Waals surface area contributed by atoms with Gasteiger partial charge in [0.05, 0.1) is 13.7 Å². The van der Waals surface area contributed by atoms with Gasteiger partial charge in [0.2, 0.25) is 5.91 Å². The summed E-state index contributed by atoms with van der Waals surface area (Å²) in [4.78, 5) is 11.9. The smallest absolute Gasteiger partial charge is 0.238 e. The summed E-state index contributed by atoms with van der Waals surface area (Å²) < 4.78 is 11.7. The van der Waals surface area contributed by atoms with Crippen molar-refractivity contribution in [2.24, 2.45) is 0 Å². The Balaban J connectivity index is 1.65. The normalized spacial score (nSPS) is 10.3. The maximum absolute atomic E-state index is 11.9. The predicted molar refractivity (Wildman–Crippen MR) is 98.9 cm³/mol. The van der Waals surface area contributed by atoms with E-state index in [1.165, 1.54) is 0 Å². The van der Waals surface area contributed by atoms with E-state index in [9.17, 15) is 4.79 Å². The number of halogens is 1. The van der Waals surface area contributed by atoms with E-state index in [2.05, 4.69) is 26.6 Å². The van der Waals surface area contributed by atoms with E-state index < -0.39 is 0 Å². The van der Waals surface area contributed by atoms with Crippen LogP contribution in [0.5, 0.6) is 11.5 Å². The largest absolute Gasteiger partial charge is 0.497 e. The van der Waals surface area contributed by atoms with Gasteiger partial charge in [0.25, 0.3) is 0 Å². The van der Waals surface area contributed by atoms with E-state index in [-0.39, 0.29) is 12.5 Å². The van der Waals surface area contributed by atoms with Gasteiger partial charge in [-0.25, -0.2) is 0 Å². The number of hydrogen-bond donors (Lipinski definition) is 2. The molecule has 0 aliphatic carbocycles. The summed E-state index contributed by atoms with van der Waals surface area (Å²) in [7, 11) is 1.63. The Morgan fingerprint density at radius 2 is 1.83 bits per heavy atom.